The van der Waals surface area contributed by atoms with Crippen molar-refractivity contribution in [2.24, 2.45) is 0 Å². The highest BCUT2D eigenvalue weighted by atomic mass is 32.1. The monoisotopic (exact) mass is 466 g/mol. The Morgan fingerprint density at radius 2 is 2.27 bits per heavy atom. The van der Waals surface area contributed by atoms with Crippen molar-refractivity contribution in [3.63, 3.8) is 0 Å². The molecule has 2 atom stereocenters. The molecule has 1 fully saturated rings. The zero-order chi connectivity index (χ0) is 23.0. The summed E-state index contributed by atoms with van der Waals surface area (Å²) < 4.78 is 11.2. The summed E-state index contributed by atoms with van der Waals surface area (Å²) in [5.41, 5.74) is 2.24. The van der Waals surface area contributed by atoms with Crippen molar-refractivity contribution >= 4 is 34.4 Å². The molecule has 4 rings (SSSR count). The molecule has 1 aliphatic carbocycles. The lowest BCUT2D eigenvalue weighted by atomic mass is 9.94. The molecule has 172 valence electrons. The average Bonchev–Trinajstić information content (AvgIpc) is 3.18. The van der Waals surface area contributed by atoms with E-state index in [9.17, 15) is 14.9 Å². The Morgan fingerprint density at radius 1 is 1.36 bits per heavy atom. The first-order valence-corrected chi connectivity index (χ1v) is 11.9. The van der Waals surface area contributed by atoms with Crippen LogP contribution in [0.3, 0.4) is 0 Å². The predicted octanol–water partition coefficient (Wildman–Crippen LogP) is 3.82. The summed E-state index contributed by atoms with van der Waals surface area (Å²) in [5.74, 6) is -0.314. The number of pyridine rings is 1. The Kier molecular flexibility index (Phi) is 7.70. The maximum absolute atomic E-state index is 12.4. The first kappa shape index (κ1) is 23.0. The van der Waals surface area contributed by atoms with E-state index < -0.39 is 6.09 Å². The second kappa shape index (κ2) is 11.1. The van der Waals surface area contributed by atoms with E-state index in [1.165, 1.54) is 17.4 Å². The normalized spacial score (nSPS) is 20.0. The number of carbonyl (C=O) groups is 2. The molecular weight excluding hydrogens is 440 g/mol. The number of amides is 2. The van der Waals surface area contributed by atoms with Crippen LogP contribution in [0.5, 0.6) is 0 Å². The number of ether oxygens (including phenoxy) is 2. The van der Waals surface area contributed by atoms with E-state index in [-0.39, 0.29) is 18.1 Å². The van der Waals surface area contributed by atoms with Crippen molar-refractivity contribution in [3.8, 4) is 6.07 Å². The van der Waals surface area contributed by atoms with Gasteiger partial charge >= 0.3 is 6.09 Å². The highest BCUT2D eigenvalue weighted by Crippen LogP contribution is 2.38. The van der Waals surface area contributed by atoms with Crippen LogP contribution in [0.15, 0.2) is 30.6 Å². The maximum Gasteiger partial charge on any atom is 0.407 e. The van der Waals surface area contributed by atoms with Crippen LogP contribution in [0.4, 0.5) is 9.80 Å². The number of alkyl carbamates (subject to hydrolysis) is 1. The number of nitriles is 1. The van der Waals surface area contributed by atoms with Gasteiger partial charge in [0.25, 0.3) is 0 Å². The molecule has 8 nitrogen and oxygen atoms in total. The minimum Gasteiger partial charge on any atom is -0.446 e. The van der Waals surface area contributed by atoms with E-state index in [2.05, 4.69) is 21.7 Å². The van der Waals surface area contributed by atoms with Crippen molar-refractivity contribution < 1.29 is 19.1 Å². The van der Waals surface area contributed by atoms with Crippen LogP contribution in [0, 0.1) is 11.3 Å². The number of thiophene rings is 1. The number of hydrogen-bond acceptors (Lipinski definition) is 7. The number of nitrogens with one attached hydrogen (secondary N) is 2. The summed E-state index contributed by atoms with van der Waals surface area (Å²) in [6.45, 7) is 1.20. The third-order valence-electron chi connectivity index (χ3n) is 5.70. The van der Waals surface area contributed by atoms with Gasteiger partial charge in [-0.3, -0.25) is 9.78 Å². The molecule has 0 radical (unpaired) electrons. The van der Waals surface area contributed by atoms with Gasteiger partial charge < -0.3 is 20.1 Å². The fourth-order valence-corrected chi connectivity index (χ4v) is 5.29. The van der Waals surface area contributed by atoms with Gasteiger partial charge in [0.2, 0.25) is 5.91 Å². The molecular formula is C24H26N4O4S. The maximum atomic E-state index is 12.4. The molecule has 33 heavy (non-hydrogen) atoms. The quantitative estimate of drug-likeness (QED) is 0.626. The van der Waals surface area contributed by atoms with Crippen LogP contribution in [0.1, 0.15) is 47.3 Å². The van der Waals surface area contributed by atoms with Gasteiger partial charge in [0, 0.05) is 42.9 Å². The lowest BCUT2D eigenvalue weighted by Crippen LogP contribution is -2.38. The topological polar surface area (TPSA) is 113 Å². The van der Waals surface area contributed by atoms with Gasteiger partial charge in [-0.2, -0.15) is 5.26 Å². The summed E-state index contributed by atoms with van der Waals surface area (Å²) in [6.07, 6.45) is 10.7. The highest BCUT2D eigenvalue weighted by molar-refractivity contribution is 7.16. The van der Waals surface area contributed by atoms with Crippen molar-refractivity contribution in [2.45, 2.75) is 50.7 Å². The molecule has 2 N–H and O–H groups in total. The molecule has 2 aromatic heterocycles. The Labute approximate surface area is 196 Å². The summed E-state index contributed by atoms with van der Waals surface area (Å²) in [6, 6.07) is 5.86. The van der Waals surface area contributed by atoms with E-state index in [4.69, 9.17) is 9.47 Å². The summed E-state index contributed by atoms with van der Waals surface area (Å²) >= 11 is 1.37. The molecule has 2 aliphatic rings. The fraction of sp³-hybridized carbons (Fsp3) is 0.417. The van der Waals surface area contributed by atoms with Crippen molar-refractivity contribution in [1.29, 1.82) is 5.26 Å². The number of nitrogens with zero attached hydrogens (tertiary/aromatic N) is 2. The molecule has 1 saturated heterocycles. The Bertz CT molecular complexity index is 1050. The fourth-order valence-electron chi connectivity index (χ4n) is 4.02. The van der Waals surface area contributed by atoms with Gasteiger partial charge in [-0.15, -0.1) is 11.3 Å². The smallest absolute Gasteiger partial charge is 0.407 e. The number of aromatic nitrogens is 1. The molecule has 3 heterocycles. The van der Waals surface area contributed by atoms with E-state index in [1.807, 2.05) is 6.07 Å². The minimum atomic E-state index is -0.441. The molecule has 0 saturated carbocycles. The first-order valence-electron chi connectivity index (χ1n) is 11.1. The number of hydrogen-bond donors (Lipinski definition) is 2. The number of fused-ring (bicyclic) bond motifs is 1. The zero-order valence-corrected chi connectivity index (χ0v) is 19.0. The Hall–Kier alpha value is -3.22. The summed E-state index contributed by atoms with van der Waals surface area (Å²) in [5, 5.41) is 15.8. The average molecular weight is 467 g/mol. The third kappa shape index (κ3) is 6.18. The van der Waals surface area contributed by atoms with Crippen molar-refractivity contribution in [3.05, 3.63) is 52.2 Å². The van der Waals surface area contributed by atoms with Crippen molar-refractivity contribution in [1.82, 2.24) is 10.3 Å². The molecule has 2 amide bonds. The molecule has 2 unspecified atom stereocenters. The molecule has 2 aromatic rings. The Morgan fingerprint density at radius 3 is 3.03 bits per heavy atom. The van der Waals surface area contributed by atoms with Gasteiger partial charge in [0.1, 0.15) is 17.2 Å². The minimum absolute atomic E-state index is 0.0538. The van der Waals surface area contributed by atoms with Crippen LogP contribution >= 0.6 is 11.3 Å². The van der Waals surface area contributed by atoms with Crippen LogP contribution < -0.4 is 10.6 Å². The van der Waals surface area contributed by atoms with Gasteiger partial charge in [-0.1, -0.05) is 6.07 Å². The van der Waals surface area contributed by atoms with E-state index >= 15 is 0 Å². The van der Waals surface area contributed by atoms with Crippen LogP contribution in [-0.2, 0) is 27.1 Å². The molecule has 0 spiro atoms. The van der Waals surface area contributed by atoms with Gasteiger partial charge in [0.15, 0.2) is 0 Å². The predicted molar refractivity (Wildman–Crippen MR) is 125 cm³/mol. The van der Waals surface area contributed by atoms with Crippen LogP contribution in [0.2, 0.25) is 0 Å². The third-order valence-corrected chi connectivity index (χ3v) is 6.87. The first-order chi connectivity index (χ1) is 16.1. The number of carbonyl (C=O) groups excluding carboxylic acids is 2. The van der Waals surface area contributed by atoms with Gasteiger partial charge in [-0.25, -0.2) is 4.79 Å². The largest absolute Gasteiger partial charge is 0.446 e. The lowest BCUT2D eigenvalue weighted by molar-refractivity contribution is -0.111. The van der Waals surface area contributed by atoms with Crippen LogP contribution in [-0.4, -0.2) is 42.3 Å². The van der Waals surface area contributed by atoms with Crippen molar-refractivity contribution in [2.75, 3.05) is 18.5 Å². The van der Waals surface area contributed by atoms with Gasteiger partial charge in [-0.05, 0) is 55.4 Å². The number of anilines is 1. The summed E-state index contributed by atoms with van der Waals surface area (Å²) in [4.78, 5) is 29.6. The summed E-state index contributed by atoms with van der Waals surface area (Å²) in [7, 11) is 0. The van der Waals surface area contributed by atoms with E-state index in [0.29, 0.717) is 36.4 Å². The molecule has 9 heteroatoms. The highest BCUT2D eigenvalue weighted by Gasteiger charge is 2.28. The van der Waals surface area contributed by atoms with Gasteiger partial charge in [0.05, 0.1) is 11.7 Å². The second-order valence-electron chi connectivity index (χ2n) is 8.07. The SMILES string of the molecule is N#Cc1c(NC(=O)/C=C/c2cccnc2)sc2c1CCC(OC(=O)NCC1CCCCO1)C2. The zero-order valence-electron chi connectivity index (χ0n) is 18.2. The molecule has 0 aromatic carbocycles. The standard InChI is InChI=1S/C24H26N4O4S/c25-13-20-19-8-7-17(32-24(30)27-15-18-5-1-2-11-31-18)12-21(19)33-23(20)28-22(29)9-6-16-4-3-10-26-14-16/h3-4,6,9-10,14,17-18H,1-2,5,7-8,11-12,15H2,(H,27,30)(H,28,29)/b9-6+. The molecule has 0 bridgehead atoms. The second-order valence-corrected chi connectivity index (χ2v) is 9.17. The Balaban J connectivity index is 1.33. The lowest BCUT2D eigenvalue weighted by Gasteiger charge is -2.25. The van der Waals surface area contributed by atoms with Crippen LogP contribution in [0.25, 0.3) is 6.08 Å². The number of rotatable bonds is 6. The molecule has 1 aliphatic heterocycles. The van der Waals surface area contributed by atoms with E-state index in [1.54, 1.807) is 24.5 Å². The van der Waals surface area contributed by atoms with E-state index in [0.717, 1.165) is 41.9 Å².